The van der Waals surface area contributed by atoms with Gasteiger partial charge in [-0.3, -0.25) is 9.89 Å². The number of carbonyl (C=O) groups is 1. The SMILES string of the molecule is O=C(c1cc2ccccc2s1)N1CC(c2n[nH]c3c2COCC3)C1. The lowest BCUT2D eigenvalue weighted by atomic mass is 9.92. The van der Waals surface area contributed by atoms with Gasteiger partial charge in [-0.15, -0.1) is 11.3 Å². The topological polar surface area (TPSA) is 58.2 Å². The number of H-pyrrole nitrogens is 1. The van der Waals surface area contributed by atoms with Crippen molar-refractivity contribution < 1.29 is 9.53 Å². The lowest BCUT2D eigenvalue weighted by Gasteiger charge is -2.38. The fourth-order valence-corrected chi connectivity index (χ4v) is 4.56. The fourth-order valence-electron chi connectivity index (χ4n) is 3.53. The zero-order chi connectivity index (χ0) is 16.1. The van der Waals surface area contributed by atoms with Crippen LogP contribution in [0.5, 0.6) is 0 Å². The van der Waals surface area contributed by atoms with Gasteiger partial charge in [0, 0.05) is 41.4 Å². The summed E-state index contributed by atoms with van der Waals surface area (Å²) < 4.78 is 6.72. The van der Waals surface area contributed by atoms with Gasteiger partial charge in [-0.25, -0.2) is 0 Å². The number of amides is 1. The molecule has 1 N–H and O–H groups in total. The van der Waals surface area contributed by atoms with E-state index in [1.54, 1.807) is 11.3 Å². The average Bonchev–Trinajstić information content (AvgIpc) is 3.18. The molecule has 24 heavy (non-hydrogen) atoms. The maximum absolute atomic E-state index is 12.7. The lowest BCUT2D eigenvalue weighted by Crippen LogP contribution is -2.48. The Bertz CT molecular complexity index is 890. The molecule has 2 aliphatic rings. The molecule has 0 atom stereocenters. The number of hydrogen-bond donors (Lipinski definition) is 1. The number of rotatable bonds is 2. The minimum atomic E-state index is 0.133. The van der Waals surface area contributed by atoms with Crippen LogP contribution in [0.15, 0.2) is 30.3 Å². The zero-order valence-corrected chi connectivity index (χ0v) is 13.9. The van der Waals surface area contributed by atoms with Crippen LogP contribution in [0.3, 0.4) is 0 Å². The molecule has 0 spiro atoms. The van der Waals surface area contributed by atoms with Gasteiger partial charge in [-0.05, 0) is 17.5 Å². The molecule has 1 amide bonds. The largest absolute Gasteiger partial charge is 0.376 e. The molecule has 3 aromatic rings. The number of fused-ring (bicyclic) bond motifs is 2. The molecule has 0 radical (unpaired) electrons. The van der Waals surface area contributed by atoms with E-state index in [4.69, 9.17) is 4.74 Å². The first kappa shape index (κ1) is 14.2. The van der Waals surface area contributed by atoms with Crippen molar-refractivity contribution in [2.24, 2.45) is 0 Å². The van der Waals surface area contributed by atoms with Crippen LogP contribution in [-0.4, -0.2) is 40.7 Å². The highest BCUT2D eigenvalue weighted by Crippen LogP contribution is 2.34. The van der Waals surface area contributed by atoms with Gasteiger partial charge >= 0.3 is 0 Å². The Kier molecular flexibility index (Phi) is 3.21. The number of hydrogen-bond acceptors (Lipinski definition) is 4. The van der Waals surface area contributed by atoms with Crippen LogP contribution >= 0.6 is 11.3 Å². The molecule has 0 aliphatic carbocycles. The van der Waals surface area contributed by atoms with E-state index in [2.05, 4.69) is 22.3 Å². The molecule has 1 aromatic carbocycles. The highest BCUT2D eigenvalue weighted by molar-refractivity contribution is 7.20. The molecule has 1 fully saturated rings. The first-order valence-electron chi connectivity index (χ1n) is 8.21. The first-order valence-corrected chi connectivity index (χ1v) is 9.03. The van der Waals surface area contributed by atoms with Gasteiger partial charge in [0.15, 0.2) is 0 Å². The van der Waals surface area contributed by atoms with Crippen LogP contribution in [0.4, 0.5) is 0 Å². The van der Waals surface area contributed by atoms with E-state index in [0.717, 1.165) is 46.8 Å². The molecular formula is C18H17N3O2S. The second-order valence-corrected chi connectivity index (χ2v) is 7.51. The fraction of sp³-hybridized carbons (Fsp3) is 0.333. The van der Waals surface area contributed by atoms with Crippen LogP contribution in [0.2, 0.25) is 0 Å². The zero-order valence-electron chi connectivity index (χ0n) is 13.1. The van der Waals surface area contributed by atoms with Crippen LogP contribution in [-0.2, 0) is 17.8 Å². The summed E-state index contributed by atoms with van der Waals surface area (Å²) in [5.41, 5.74) is 3.50. The number of nitrogens with one attached hydrogen (secondary N) is 1. The van der Waals surface area contributed by atoms with Crippen molar-refractivity contribution in [3.8, 4) is 0 Å². The quantitative estimate of drug-likeness (QED) is 0.781. The molecule has 122 valence electrons. The van der Waals surface area contributed by atoms with Crippen molar-refractivity contribution in [2.75, 3.05) is 19.7 Å². The molecule has 1 saturated heterocycles. The summed E-state index contributed by atoms with van der Waals surface area (Å²) in [5, 5.41) is 8.76. The standard InChI is InChI=1S/C18H17N3O2S/c22-18(16-7-11-3-1-2-4-15(11)24-16)21-8-12(9-21)17-13-10-23-6-5-14(13)19-20-17/h1-4,7,12H,5-6,8-10H2,(H,19,20). The Morgan fingerprint density at radius 3 is 3.08 bits per heavy atom. The molecule has 0 saturated carbocycles. The van der Waals surface area contributed by atoms with E-state index in [1.807, 2.05) is 23.1 Å². The van der Waals surface area contributed by atoms with Crippen LogP contribution < -0.4 is 0 Å². The molecule has 0 bridgehead atoms. The van der Waals surface area contributed by atoms with Gasteiger partial charge in [0.2, 0.25) is 0 Å². The van der Waals surface area contributed by atoms with Gasteiger partial charge in [0.1, 0.15) is 0 Å². The van der Waals surface area contributed by atoms with E-state index in [0.29, 0.717) is 12.5 Å². The second kappa shape index (κ2) is 5.43. The summed E-state index contributed by atoms with van der Waals surface area (Å²) in [6.07, 6.45) is 0.902. The number of carbonyl (C=O) groups excluding carboxylic acids is 1. The summed E-state index contributed by atoms with van der Waals surface area (Å²) in [5.74, 6) is 0.457. The Labute approximate surface area is 143 Å². The third-order valence-electron chi connectivity index (χ3n) is 4.92. The minimum Gasteiger partial charge on any atom is -0.376 e. The summed E-state index contributed by atoms with van der Waals surface area (Å²) in [7, 11) is 0. The molecule has 6 heteroatoms. The summed E-state index contributed by atoms with van der Waals surface area (Å²) >= 11 is 1.57. The number of benzene rings is 1. The van der Waals surface area contributed by atoms with Gasteiger partial charge < -0.3 is 9.64 Å². The van der Waals surface area contributed by atoms with Crippen molar-refractivity contribution in [2.45, 2.75) is 18.9 Å². The smallest absolute Gasteiger partial charge is 0.264 e. The Morgan fingerprint density at radius 1 is 1.33 bits per heavy atom. The maximum Gasteiger partial charge on any atom is 0.264 e. The monoisotopic (exact) mass is 339 g/mol. The van der Waals surface area contributed by atoms with E-state index in [-0.39, 0.29) is 5.91 Å². The molecule has 0 unspecified atom stereocenters. The highest BCUT2D eigenvalue weighted by Gasteiger charge is 2.36. The predicted octanol–water partition coefficient (Wildman–Crippen LogP) is 2.94. The van der Waals surface area contributed by atoms with Crippen LogP contribution in [0.1, 0.15) is 32.5 Å². The first-order chi connectivity index (χ1) is 11.8. The number of aromatic nitrogens is 2. The number of ether oxygens (including phenoxy) is 1. The van der Waals surface area contributed by atoms with Crippen molar-refractivity contribution in [1.82, 2.24) is 15.1 Å². The van der Waals surface area contributed by atoms with E-state index >= 15 is 0 Å². The van der Waals surface area contributed by atoms with Gasteiger partial charge in [-0.2, -0.15) is 5.10 Å². The number of nitrogens with zero attached hydrogens (tertiary/aromatic N) is 2. The van der Waals surface area contributed by atoms with Crippen molar-refractivity contribution in [3.63, 3.8) is 0 Å². The van der Waals surface area contributed by atoms with Gasteiger partial charge in [-0.1, -0.05) is 18.2 Å². The summed E-state index contributed by atoms with van der Waals surface area (Å²) in [6.45, 7) is 2.88. The Hall–Kier alpha value is -2.18. The molecule has 5 rings (SSSR count). The average molecular weight is 339 g/mol. The molecular weight excluding hydrogens is 322 g/mol. The van der Waals surface area contributed by atoms with E-state index in [1.165, 1.54) is 11.3 Å². The molecule has 4 heterocycles. The predicted molar refractivity (Wildman–Crippen MR) is 92.4 cm³/mol. The molecule has 5 nitrogen and oxygen atoms in total. The highest BCUT2D eigenvalue weighted by atomic mass is 32.1. The van der Waals surface area contributed by atoms with Crippen molar-refractivity contribution in [1.29, 1.82) is 0 Å². The maximum atomic E-state index is 12.7. The normalized spacial score (nSPS) is 17.8. The third-order valence-corrected chi connectivity index (χ3v) is 6.02. The summed E-state index contributed by atoms with van der Waals surface area (Å²) in [6, 6.07) is 10.1. The van der Waals surface area contributed by atoms with Crippen LogP contribution in [0, 0.1) is 0 Å². The minimum absolute atomic E-state index is 0.133. The number of aromatic amines is 1. The molecule has 2 aliphatic heterocycles. The van der Waals surface area contributed by atoms with Crippen molar-refractivity contribution in [3.05, 3.63) is 52.2 Å². The Morgan fingerprint density at radius 2 is 2.21 bits per heavy atom. The molecule has 2 aromatic heterocycles. The number of thiophene rings is 1. The third kappa shape index (κ3) is 2.17. The van der Waals surface area contributed by atoms with Gasteiger partial charge in [0.05, 0.1) is 23.8 Å². The summed E-state index contributed by atoms with van der Waals surface area (Å²) in [4.78, 5) is 15.4. The number of likely N-dealkylation sites (tertiary alicyclic amines) is 1. The lowest BCUT2D eigenvalue weighted by molar-refractivity contribution is 0.0598. The van der Waals surface area contributed by atoms with Crippen LogP contribution in [0.25, 0.3) is 10.1 Å². The Balaban J connectivity index is 1.32. The van der Waals surface area contributed by atoms with E-state index in [9.17, 15) is 4.79 Å². The van der Waals surface area contributed by atoms with Crippen molar-refractivity contribution >= 4 is 27.3 Å². The second-order valence-electron chi connectivity index (χ2n) is 6.42. The van der Waals surface area contributed by atoms with Gasteiger partial charge in [0.25, 0.3) is 5.91 Å². The van der Waals surface area contributed by atoms with E-state index < -0.39 is 0 Å².